The van der Waals surface area contributed by atoms with Crippen LogP contribution in [0, 0.1) is 0 Å². The van der Waals surface area contributed by atoms with Crippen molar-refractivity contribution in [1.82, 2.24) is 4.57 Å². The zero-order chi connectivity index (χ0) is 16.7. The highest BCUT2D eigenvalue weighted by molar-refractivity contribution is 6.00. The van der Waals surface area contributed by atoms with Crippen molar-refractivity contribution in [2.75, 3.05) is 18.6 Å². The minimum Gasteiger partial charge on any atom is -0.482 e. The number of fused-ring (bicyclic) bond motifs is 1. The number of nitrogens with zero attached hydrogens (tertiary/aromatic N) is 2. The Hall–Kier alpha value is -2.76. The minimum atomic E-state index is -0.435. The normalized spacial score (nSPS) is 16.5. The zero-order valence-corrected chi connectivity index (χ0v) is 13.4. The predicted octanol–water partition coefficient (Wildman–Crippen LogP) is 2.54. The Balaban J connectivity index is 1.64. The second-order valence-corrected chi connectivity index (χ2v) is 6.14. The van der Waals surface area contributed by atoms with E-state index < -0.39 is 5.97 Å². The molecule has 1 fully saturated rings. The highest BCUT2D eigenvalue weighted by Crippen LogP contribution is 2.36. The molecule has 0 N–H and O–H groups in total. The zero-order valence-electron chi connectivity index (χ0n) is 13.4. The summed E-state index contributed by atoms with van der Waals surface area (Å²) >= 11 is 0. The summed E-state index contributed by atoms with van der Waals surface area (Å²) in [4.78, 5) is 25.8. The van der Waals surface area contributed by atoms with Crippen LogP contribution in [0.4, 0.5) is 5.69 Å². The molecule has 0 saturated heterocycles. The SMILES string of the molecule is COC(=O)c1ccc2c(c1)N(Cc1ccn(C3CC3)c1)C(=O)CO2. The van der Waals surface area contributed by atoms with Crippen molar-refractivity contribution in [3.63, 3.8) is 0 Å². The van der Waals surface area contributed by atoms with Gasteiger partial charge in [0.05, 0.1) is 24.9 Å². The van der Waals surface area contributed by atoms with Crippen LogP contribution in [-0.4, -0.2) is 30.2 Å². The molecule has 0 spiro atoms. The lowest BCUT2D eigenvalue weighted by Gasteiger charge is -2.29. The van der Waals surface area contributed by atoms with Crippen molar-refractivity contribution in [1.29, 1.82) is 0 Å². The molecule has 124 valence electrons. The molecule has 1 amide bonds. The number of carbonyl (C=O) groups excluding carboxylic acids is 2. The molecule has 1 aromatic carbocycles. The minimum absolute atomic E-state index is 0.00784. The van der Waals surface area contributed by atoms with Gasteiger partial charge < -0.3 is 18.9 Å². The molecule has 6 heteroatoms. The van der Waals surface area contributed by atoms with Crippen LogP contribution in [0.3, 0.4) is 0 Å². The lowest BCUT2D eigenvalue weighted by molar-refractivity contribution is -0.121. The predicted molar refractivity (Wildman–Crippen MR) is 87.2 cm³/mol. The number of carbonyl (C=O) groups is 2. The van der Waals surface area contributed by atoms with Gasteiger partial charge in [-0.3, -0.25) is 4.79 Å². The van der Waals surface area contributed by atoms with Crippen LogP contribution >= 0.6 is 0 Å². The van der Waals surface area contributed by atoms with Gasteiger partial charge in [0.15, 0.2) is 6.61 Å². The van der Waals surface area contributed by atoms with Crippen LogP contribution < -0.4 is 9.64 Å². The molecular formula is C18H18N2O4. The molecule has 0 unspecified atom stereocenters. The van der Waals surface area contributed by atoms with Gasteiger partial charge in [-0.05, 0) is 42.7 Å². The third-order valence-electron chi connectivity index (χ3n) is 4.41. The fourth-order valence-electron chi connectivity index (χ4n) is 2.96. The van der Waals surface area contributed by atoms with Gasteiger partial charge in [0.25, 0.3) is 5.91 Å². The average Bonchev–Trinajstić information content (AvgIpc) is 3.35. The number of hydrogen-bond acceptors (Lipinski definition) is 4. The number of esters is 1. The Morgan fingerprint density at radius 2 is 2.17 bits per heavy atom. The monoisotopic (exact) mass is 326 g/mol. The highest BCUT2D eigenvalue weighted by Gasteiger charge is 2.28. The van der Waals surface area contributed by atoms with Crippen molar-refractivity contribution in [3.05, 3.63) is 47.8 Å². The maximum Gasteiger partial charge on any atom is 0.337 e. The molecule has 2 heterocycles. The van der Waals surface area contributed by atoms with E-state index in [2.05, 4.69) is 17.0 Å². The summed E-state index contributed by atoms with van der Waals surface area (Å²) in [5.41, 5.74) is 2.06. The van der Waals surface area contributed by atoms with Gasteiger partial charge in [-0.2, -0.15) is 0 Å². The number of ether oxygens (including phenoxy) is 2. The van der Waals surface area contributed by atoms with Gasteiger partial charge in [0.1, 0.15) is 5.75 Å². The Bertz CT molecular complexity index is 807. The number of rotatable bonds is 4. The van der Waals surface area contributed by atoms with Crippen molar-refractivity contribution in [2.24, 2.45) is 0 Å². The standard InChI is InChI=1S/C18H18N2O4/c1-23-18(22)13-2-5-16-15(8-13)20(17(21)11-24-16)10-12-6-7-19(9-12)14-3-4-14/h2,5-9,14H,3-4,10-11H2,1H3. The summed E-state index contributed by atoms with van der Waals surface area (Å²) in [5.74, 6) is 0.0447. The van der Waals surface area contributed by atoms with E-state index in [1.807, 2.05) is 6.07 Å². The van der Waals surface area contributed by atoms with Crippen molar-refractivity contribution in [2.45, 2.75) is 25.4 Å². The lowest BCUT2D eigenvalue weighted by atomic mass is 10.1. The molecule has 4 rings (SSSR count). The summed E-state index contributed by atoms with van der Waals surface area (Å²) in [6, 6.07) is 7.64. The topological polar surface area (TPSA) is 60.8 Å². The van der Waals surface area contributed by atoms with E-state index in [4.69, 9.17) is 9.47 Å². The molecule has 0 atom stereocenters. The van der Waals surface area contributed by atoms with Crippen LogP contribution in [0.25, 0.3) is 0 Å². The first-order chi connectivity index (χ1) is 11.7. The Kier molecular flexibility index (Phi) is 3.52. The average molecular weight is 326 g/mol. The maximum atomic E-state index is 12.3. The van der Waals surface area contributed by atoms with E-state index in [1.54, 1.807) is 23.1 Å². The van der Waals surface area contributed by atoms with E-state index in [0.29, 0.717) is 29.6 Å². The number of methoxy groups -OCH3 is 1. The number of aromatic nitrogens is 1. The lowest BCUT2D eigenvalue weighted by Crippen LogP contribution is -2.38. The number of benzene rings is 1. The molecule has 0 radical (unpaired) electrons. The van der Waals surface area contributed by atoms with Crippen molar-refractivity contribution < 1.29 is 19.1 Å². The van der Waals surface area contributed by atoms with Crippen LogP contribution in [0.2, 0.25) is 0 Å². The second-order valence-electron chi connectivity index (χ2n) is 6.14. The molecule has 2 aromatic rings. The quantitative estimate of drug-likeness (QED) is 0.810. The van der Waals surface area contributed by atoms with Crippen LogP contribution in [0.15, 0.2) is 36.7 Å². The molecule has 1 aromatic heterocycles. The van der Waals surface area contributed by atoms with Crippen LogP contribution in [0.1, 0.15) is 34.8 Å². The van der Waals surface area contributed by atoms with Crippen molar-refractivity contribution in [3.8, 4) is 5.75 Å². The van der Waals surface area contributed by atoms with Gasteiger partial charge in [0.2, 0.25) is 0 Å². The summed E-state index contributed by atoms with van der Waals surface area (Å²) in [6.07, 6.45) is 6.58. The van der Waals surface area contributed by atoms with E-state index in [0.717, 1.165) is 5.56 Å². The molecular weight excluding hydrogens is 308 g/mol. The molecule has 6 nitrogen and oxygen atoms in total. The van der Waals surface area contributed by atoms with Crippen LogP contribution in [0.5, 0.6) is 5.75 Å². The fourth-order valence-corrected chi connectivity index (χ4v) is 2.96. The van der Waals surface area contributed by atoms with E-state index in [1.165, 1.54) is 20.0 Å². The molecule has 2 aliphatic rings. The van der Waals surface area contributed by atoms with E-state index >= 15 is 0 Å². The molecule has 1 aliphatic heterocycles. The smallest absolute Gasteiger partial charge is 0.337 e. The van der Waals surface area contributed by atoms with Gasteiger partial charge in [-0.1, -0.05) is 0 Å². The van der Waals surface area contributed by atoms with Gasteiger partial charge in [-0.15, -0.1) is 0 Å². The first-order valence-corrected chi connectivity index (χ1v) is 7.97. The molecule has 0 bridgehead atoms. The number of hydrogen-bond donors (Lipinski definition) is 0. The number of amides is 1. The van der Waals surface area contributed by atoms with Gasteiger partial charge >= 0.3 is 5.97 Å². The summed E-state index contributed by atoms with van der Waals surface area (Å²) in [5, 5.41) is 0. The Morgan fingerprint density at radius 3 is 2.92 bits per heavy atom. The maximum absolute atomic E-state index is 12.3. The third-order valence-corrected chi connectivity index (χ3v) is 4.41. The highest BCUT2D eigenvalue weighted by atomic mass is 16.5. The van der Waals surface area contributed by atoms with Gasteiger partial charge in [0, 0.05) is 18.4 Å². The van der Waals surface area contributed by atoms with E-state index in [-0.39, 0.29) is 12.5 Å². The van der Waals surface area contributed by atoms with Crippen molar-refractivity contribution >= 4 is 17.6 Å². The fraction of sp³-hybridized carbons (Fsp3) is 0.333. The largest absolute Gasteiger partial charge is 0.482 e. The first kappa shape index (κ1) is 14.8. The Morgan fingerprint density at radius 1 is 1.33 bits per heavy atom. The van der Waals surface area contributed by atoms with E-state index in [9.17, 15) is 9.59 Å². The summed E-state index contributed by atoms with van der Waals surface area (Å²) < 4.78 is 12.4. The first-order valence-electron chi connectivity index (χ1n) is 7.97. The molecule has 24 heavy (non-hydrogen) atoms. The number of anilines is 1. The third kappa shape index (κ3) is 2.64. The second kappa shape index (κ2) is 5.70. The summed E-state index contributed by atoms with van der Waals surface area (Å²) in [6.45, 7) is 0.466. The summed E-state index contributed by atoms with van der Waals surface area (Å²) in [7, 11) is 1.34. The molecule has 1 aliphatic carbocycles. The molecule has 1 saturated carbocycles. The Labute approximate surface area is 139 Å². The van der Waals surface area contributed by atoms with Crippen LogP contribution in [-0.2, 0) is 16.1 Å². The van der Waals surface area contributed by atoms with Gasteiger partial charge in [-0.25, -0.2) is 4.79 Å².